The largest absolute Gasteiger partial charge is 0.411 e. The van der Waals surface area contributed by atoms with Crippen molar-refractivity contribution < 1.29 is 22.7 Å². The van der Waals surface area contributed by atoms with Gasteiger partial charge in [-0.05, 0) is 24.1 Å². The van der Waals surface area contributed by atoms with Crippen molar-refractivity contribution in [1.82, 2.24) is 5.32 Å². The number of hydrogen-bond donors (Lipinski definition) is 1. The van der Waals surface area contributed by atoms with Crippen LogP contribution in [-0.2, 0) is 16.0 Å². The Morgan fingerprint density at radius 2 is 2.10 bits per heavy atom. The second-order valence-corrected chi connectivity index (χ2v) is 4.58. The minimum absolute atomic E-state index is 0.0600. The molecule has 0 unspecified atom stereocenters. The normalized spacial score (nSPS) is 11.4. The molecule has 0 heterocycles. The minimum atomic E-state index is -4.34. The van der Waals surface area contributed by atoms with Crippen LogP contribution in [-0.4, -0.2) is 31.8 Å². The third-order valence-electron chi connectivity index (χ3n) is 2.36. The van der Waals surface area contributed by atoms with E-state index in [-0.39, 0.29) is 25.5 Å². The third-order valence-corrected chi connectivity index (χ3v) is 2.60. The van der Waals surface area contributed by atoms with Crippen LogP contribution >= 0.6 is 11.6 Å². The van der Waals surface area contributed by atoms with Crippen LogP contribution in [0.4, 0.5) is 13.2 Å². The highest BCUT2D eigenvalue weighted by Crippen LogP contribution is 2.14. The van der Waals surface area contributed by atoms with Crippen molar-refractivity contribution in [2.75, 3.05) is 19.8 Å². The Labute approximate surface area is 120 Å². The predicted molar refractivity (Wildman–Crippen MR) is 69.7 cm³/mol. The summed E-state index contributed by atoms with van der Waals surface area (Å²) >= 11 is 5.81. The molecule has 0 saturated carbocycles. The van der Waals surface area contributed by atoms with Crippen LogP contribution in [0.2, 0.25) is 5.02 Å². The molecule has 1 amide bonds. The second-order valence-electron chi connectivity index (χ2n) is 4.15. The van der Waals surface area contributed by atoms with Gasteiger partial charge in [0.2, 0.25) is 5.91 Å². The zero-order valence-electron chi connectivity index (χ0n) is 10.7. The number of halogens is 4. The summed E-state index contributed by atoms with van der Waals surface area (Å²) < 4.78 is 39.6. The molecule has 3 nitrogen and oxygen atoms in total. The number of rotatable bonds is 7. The number of alkyl halides is 3. The highest BCUT2D eigenvalue weighted by Gasteiger charge is 2.27. The Morgan fingerprint density at radius 1 is 1.35 bits per heavy atom. The molecule has 0 atom stereocenters. The van der Waals surface area contributed by atoms with Crippen LogP contribution in [0.15, 0.2) is 24.3 Å². The van der Waals surface area contributed by atoms with Crippen LogP contribution in [0.3, 0.4) is 0 Å². The molecule has 1 aromatic carbocycles. The van der Waals surface area contributed by atoms with Crippen LogP contribution < -0.4 is 5.32 Å². The van der Waals surface area contributed by atoms with E-state index in [1.165, 1.54) is 0 Å². The highest BCUT2D eigenvalue weighted by molar-refractivity contribution is 6.30. The molecule has 0 saturated heterocycles. The second kappa shape index (κ2) is 8.11. The fraction of sp³-hybridized carbons (Fsp3) is 0.462. The van der Waals surface area contributed by atoms with Gasteiger partial charge in [-0.1, -0.05) is 23.7 Å². The fourth-order valence-corrected chi connectivity index (χ4v) is 1.70. The van der Waals surface area contributed by atoms with E-state index >= 15 is 0 Å². The van der Waals surface area contributed by atoms with E-state index in [0.717, 1.165) is 5.56 Å². The summed E-state index contributed by atoms with van der Waals surface area (Å²) in [5.74, 6) is -0.236. The number of aryl methyl sites for hydroxylation is 1. The lowest BCUT2D eigenvalue weighted by Crippen LogP contribution is -2.29. The van der Waals surface area contributed by atoms with E-state index in [0.29, 0.717) is 11.4 Å². The van der Waals surface area contributed by atoms with E-state index in [4.69, 9.17) is 11.6 Å². The molecule has 1 aromatic rings. The van der Waals surface area contributed by atoms with Crippen LogP contribution in [0.1, 0.15) is 12.0 Å². The predicted octanol–water partition coefficient (Wildman–Crippen LogP) is 2.97. The molecular weight excluding hydrogens is 295 g/mol. The van der Waals surface area contributed by atoms with Gasteiger partial charge in [0.1, 0.15) is 6.61 Å². The molecule has 0 aliphatic carbocycles. The van der Waals surface area contributed by atoms with Crippen molar-refractivity contribution in [1.29, 1.82) is 0 Å². The lowest BCUT2D eigenvalue weighted by atomic mass is 10.1. The average Bonchev–Trinajstić information content (AvgIpc) is 2.35. The first-order valence-electron chi connectivity index (χ1n) is 6.02. The van der Waals surface area contributed by atoms with Gasteiger partial charge in [0.15, 0.2) is 0 Å². The maximum Gasteiger partial charge on any atom is 0.411 e. The number of carbonyl (C=O) groups is 1. The molecule has 0 aromatic heterocycles. The first kappa shape index (κ1) is 16.8. The molecule has 0 radical (unpaired) electrons. The number of carbonyl (C=O) groups excluding carboxylic acids is 1. The van der Waals surface area contributed by atoms with Crippen molar-refractivity contribution in [2.45, 2.75) is 19.0 Å². The van der Waals surface area contributed by atoms with E-state index in [1.807, 2.05) is 6.07 Å². The fourth-order valence-electron chi connectivity index (χ4n) is 1.49. The average molecular weight is 310 g/mol. The number of ether oxygens (including phenoxy) is 1. The number of amides is 1. The quantitative estimate of drug-likeness (QED) is 0.786. The molecule has 20 heavy (non-hydrogen) atoms. The molecule has 1 rings (SSSR count). The molecule has 0 spiro atoms. The Morgan fingerprint density at radius 3 is 2.75 bits per heavy atom. The zero-order valence-corrected chi connectivity index (χ0v) is 11.4. The maximum absolute atomic E-state index is 11.8. The van der Waals surface area contributed by atoms with Gasteiger partial charge in [-0.15, -0.1) is 0 Å². The molecular formula is C13H15ClF3NO2. The van der Waals surface area contributed by atoms with Gasteiger partial charge in [0, 0.05) is 18.0 Å². The van der Waals surface area contributed by atoms with Gasteiger partial charge in [0.25, 0.3) is 0 Å². The Bertz CT molecular complexity index is 438. The third kappa shape index (κ3) is 8.01. The van der Waals surface area contributed by atoms with Crippen molar-refractivity contribution >= 4 is 17.5 Å². The summed E-state index contributed by atoms with van der Waals surface area (Å²) in [5, 5.41) is 3.09. The van der Waals surface area contributed by atoms with E-state index in [2.05, 4.69) is 10.1 Å². The van der Waals surface area contributed by atoms with Gasteiger partial charge in [-0.2, -0.15) is 13.2 Å². The first-order valence-corrected chi connectivity index (χ1v) is 6.40. The molecule has 0 bridgehead atoms. The SMILES string of the molecule is O=C(CCc1cccc(Cl)c1)NCCOCC(F)(F)F. The topological polar surface area (TPSA) is 38.3 Å². The molecule has 1 N–H and O–H groups in total. The van der Waals surface area contributed by atoms with E-state index in [1.54, 1.807) is 18.2 Å². The first-order chi connectivity index (χ1) is 9.37. The lowest BCUT2D eigenvalue weighted by molar-refractivity contribution is -0.173. The summed E-state index contributed by atoms with van der Waals surface area (Å²) in [6, 6.07) is 7.15. The molecule has 112 valence electrons. The summed E-state index contributed by atoms with van der Waals surface area (Å²) in [6.45, 7) is -1.40. The van der Waals surface area contributed by atoms with Gasteiger partial charge in [-0.25, -0.2) is 0 Å². The standard InChI is InChI=1S/C13H15ClF3NO2/c14-11-3-1-2-10(8-11)4-5-12(19)18-6-7-20-9-13(15,16)17/h1-3,8H,4-7,9H2,(H,18,19). The van der Waals surface area contributed by atoms with Gasteiger partial charge < -0.3 is 10.1 Å². The molecule has 0 aliphatic rings. The Kier molecular flexibility index (Phi) is 6.81. The maximum atomic E-state index is 11.8. The summed E-state index contributed by atoms with van der Waals surface area (Å²) in [4.78, 5) is 11.4. The van der Waals surface area contributed by atoms with Crippen LogP contribution in [0.5, 0.6) is 0 Å². The van der Waals surface area contributed by atoms with Crippen molar-refractivity contribution in [2.24, 2.45) is 0 Å². The molecule has 0 fully saturated rings. The molecule has 0 aliphatic heterocycles. The number of nitrogens with one attached hydrogen (secondary N) is 1. The van der Waals surface area contributed by atoms with Crippen molar-refractivity contribution in [3.63, 3.8) is 0 Å². The smallest absolute Gasteiger partial charge is 0.370 e. The summed E-state index contributed by atoms with van der Waals surface area (Å²) in [7, 11) is 0. The monoisotopic (exact) mass is 309 g/mol. The number of benzene rings is 1. The van der Waals surface area contributed by atoms with Gasteiger partial charge >= 0.3 is 6.18 Å². The van der Waals surface area contributed by atoms with Crippen LogP contribution in [0.25, 0.3) is 0 Å². The van der Waals surface area contributed by atoms with Crippen LogP contribution in [0, 0.1) is 0 Å². The molecule has 7 heteroatoms. The lowest BCUT2D eigenvalue weighted by Gasteiger charge is -2.08. The summed E-state index contributed by atoms with van der Waals surface area (Å²) in [5.41, 5.74) is 0.931. The Hall–Kier alpha value is -1.27. The summed E-state index contributed by atoms with van der Waals surface area (Å²) in [6.07, 6.45) is -3.56. The Balaban J connectivity index is 2.12. The van der Waals surface area contributed by atoms with E-state index < -0.39 is 12.8 Å². The van der Waals surface area contributed by atoms with E-state index in [9.17, 15) is 18.0 Å². The van der Waals surface area contributed by atoms with Gasteiger partial charge in [-0.3, -0.25) is 4.79 Å². The number of hydrogen-bond acceptors (Lipinski definition) is 2. The van der Waals surface area contributed by atoms with Crippen molar-refractivity contribution in [3.05, 3.63) is 34.9 Å². The highest BCUT2D eigenvalue weighted by atomic mass is 35.5. The minimum Gasteiger partial charge on any atom is -0.370 e. The van der Waals surface area contributed by atoms with Gasteiger partial charge in [0.05, 0.1) is 6.61 Å². The zero-order chi connectivity index (χ0) is 15.0. The van der Waals surface area contributed by atoms with Crippen molar-refractivity contribution in [3.8, 4) is 0 Å².